The van der Waals surface area contributed by atoms with Crippen molar-refractivity contribution in [2.24, 2.45) is 0 Å². The zero-order valence-electron chi connectivity index (χ0n) is 15.9. The molecule has 27 heavy (non-hydrogen) atoms. The Kier molecular flexibility index (Phi) is 6.68. The number of likely N-dealkylation sites (tertiary alicyclic amines) is 1. The highest BCUT2D eigenvalue weighted by atomic mass is 32.1. The van der Waals surface area contributed by atoms with E-state index in [4.69, 9.17) is 4.42 Å². The monoisotopic (exact) mass is 389 g/mol. The number of hydrogen-bond donors (Lipinski definition) is 1. The predicted molar refractivity (Wildman–Crippen MR) is 106 cm³/mol. The fourth-order valence-corrected chi connectivity index (χ4v) is 4.37. The quantitative estimate of drug-likeness (QED) is 0.753. The molecule has 0 bridgehead atoms. The Morgan fingerprint density at radius 1 is 1.33 bits per heavy atom. The molecule has 7 heteroatoms. The highest BCUT2D eigenvalue weighted by molar-refractivity contribution is 7.12. The van der Waals surface area contributed by atoms with Crippen LogP contribution in [0, 0.1) is 0 Å². The van der Waals surface area contributed by atoms with Crippen LogP contribution in [0.3, 0.4) is 0 Å². The molecule has 2 atom stereocenters. The average molecular weight is 390 g/mol. The Hall–Kier alpha value is -2.12. The molecule has 0 saturated carbocycles. The van der Waals surface area contributed by atoms with E-state index in [9.17, 15) is 9.59 Å². The van der Waals surface area contributed by atoms with E-state index in [0.717, 1.165) is 25.3 Å². The van der Waals surface area contributed by atoms with Crippen LogP contribution in [-0.2, 0) is 4.79 Å². The van der Waals surface area contributed by atoms with Crippen LogP contribution in [0.15, 0.2) is 40.3 Å². The van der Waals surface area contributed by atoms with E-state index in [-0.39, 0.29) is 17.9 Å². The van der Waals surface area contributed by atoms with Crippen LogP contribution in [0.5, 0.6) is 0 Å². The van der Waals surface area contributed by atoms with Gasteiger partial charge in [-0.25, -0.2) is 0 Å². The second kappa shape index (κ2) is 9.19. The summed E-state index contributed by atoms with van der Waals surface area (Å²) < 4.78 is 5.59. The summed E-state index contributed by atoms with van der Waals surface area (Å²) in [6.45, 7) is 7.02. The van der Waals surface area contributed by atoms with Crippen LogP contribution in [0.2, 0.25) is 0 Å². The zero-order valence-corrected chi connectivity index (χ0v) is 16.7. The summed E-state index contributed by atoms with van der Waals surface area (Å²) >= 11 is 1.42. The van der Waals surface area contributed by atoms with Crippen molar-refractivity contribution in [1.29, 1.82) is 0 Å². The number of likely N-dealkylation sites (N-methyl/N-ethyl adjacent to an activating group) is 1. The molecule has 2 amide bonds. The van der Waals surface area contributed by atoms with Gasteiger partial charge in [0.25, 0.3) is 5.91 Å². The van der Waals surface area contributed by atoms with Crippen molar-refractivity contribution in [3.8, 4) is 0 Å². The van der Waals surface area contributed by atoms with Gasteiger partial charge in [0.1, 0.15) is 11.8 Å². The number of carbonyl (C=O) groups excluding carboxylic acids is 2. The van der Waals surface area contributed by atoms with Crippen LogP contribution >= 0.6 is 11.3 Å². The summed E-state index contributed by atoms with van der Waals surface area (Å²) in [5.74, 6) is 0.715. The van der Waals surface area contributed by atoms with Crippen molar-refractivity contribution in [2.75, 3.05) is 26.2 Å². The van der Waals surface area contributed by atoms with Crippen LogP contribution in [0.25, 0.3) is 0 Å². The molecule has 0 aliphatic carbocycles. The first kappa shape index (κ1) is 19.6. The second-order valence-electron chi connectivity index (χ2n) is 6.63. The third-order valence-electron chi connectivity index (χ3n) is 5.14. The third-order valence-corrected chi connectivity index (χ3v) is 6.00. The van der Waals surface area contributed by atoms with E-state index in [1.54, 1.807) is 11.2 Å². The van der Waals surface area contributed by atoms with Gasteiger partial charge in [-0.2, -0.15) is 0 Å². The number of furan rings is 1. The van der Waals surface area contributed by atoms with Crippen molar-refractivity contribution in [3.63, 3.8) is 0 Å². The first-order valence-electron chi connectivity index (χ1n) is 9.55. The van der Waals surface area contributed by atoms with Crippen molar-refractivity contribution in [1.82, 2.24) is 15.1 Å². The lowest BCUT2D eigenvalue weighted by Crippen LogP contribution is -2.48. The minimum Gasteiger partial charge on any atom is -0.468 e. The average Bonchev–Trinajstić information content (AvgIpc) is 3.45. The van der Waals surface area contributed by atoms with Crippen molar-refractivity contribution in [3.05, 3.63) is 46.5 Å². The summed E-state index contributed by atoms with van der Waals surface area (Å²) in [7, 11) is 0. The molecule has 3 rings (SSSR count). The molecule has 3 heterocycles. The van der Waals surface area contributed by atoms with Crippen LogP contribution in [0.4, 0.5) is 0 Å². The van der Waals surface area contributed by atoms with Crippen molar-refractivity contribution in [2.45, 2.75) is 38.8 Å². The van der Waals surface area contributed by atoms with Gasteiger partial charge in [-0.15, -0.1) is 11.3 Å². The third kappa shape index (κ3) is 4.42. The summed E-state index contributed by atoms with van der Waals surface area (Å²) in [5, 5.41) is 4.95. The number of carbonyl (C=O) groups is 2. The minimum atomic E-state index is -0.395. The Morgan fingerprint density at radius 2 is 2.15 bits per heavy atom. The molecule has 2 aromatic heterocycles. The van der Waals surface area contributed by atoms with Gasteiger partial charge in [-0.3, -0.25) is 14.5 Å². The molecule has 6 nitrogen and oxygen atoms in total. The predicted octanol–water partition coefficient (Wildman–Crippen LogP) is 3.15. The van der Waals surface area contributed by atoms with Crippen molar-refractivity contribution < 1.29 is 14.0 Å². The van der Waals surface area contributed by atoms with E-state index in [1.165, 1.54) is 11.3 Å². The lowest BCUT2D eigenvalue weighted by atomic mass is 10.1. The largest absolute Gasteiger partial charge is 0.468 e. The molecule has 1 aliphatic rings. The van der Waals surface area contributed by atoms with E-state index in [2.05, 4.69) is 24.1 Å². The number of thiophene rings is 1. The van der Waals surface area contributed by atoms with Gasteiger partial charge in [0.2, 0.25) is 5.91 Å². The highest BCUT2D eigenvalue weighted by Gasteiger charge is 2.35. The molecule has 2 aromatic rings. The Bertz CT molecular complexity index is 726. The minimum absolute atomic E-state index is 0.0122. The van der Waals surface area contributed by atoms with Gasteiger partial charge >= 0.3 is 0 Å². The Balaban J connectivity index is 1.65. The molecule has 1 saturated heterocycles. The molecule has 0 spiro atoms. The summed E-state index contributed by atoms with van der Waals surface area (Å²) in [5.41, 5.74) is 0. The summed E-state index contributed by atoms with van der Waals surface area (Å²) in [6, 6.07) is 7.08. The van der Waals surface area contributed by atoms with Gasteiger partial charge in [0.15, 0.2) is 0 Å². The van der Waals surface area contributed by atoms with Crippen LogP contribution in [0.1, 0.15) is 48.2 Å². The maximum atomic E-state index is 12.9. The maximum absolute atomic E-state index is 12.9. The molecule has 0 aromatic carbocycles. The van der Waals surface area contributed by atoms with E-state index >= 15 is 0 Å². The van der Waals surface area contributed by atoms with E-state index < -0.39 is 6.04 Å². The molecule has 146 valence electrons. The number of rotatable bonds is 8. The summed E-state index contributed by atoms with van der Waals surface area (Å²) in [4.78, 5) is 30.2. The molecule has 1 aliphatic heterocycles. The SMILES string of the molecule is CCN(CC)C(CNC(=O)[C@@H]1CCCN1C(=O)c1cccs1)c1ccco1. The van der Waals surface area contributed by atoms with Crippen LogP contribution in [-0.4, -0.2) is 53.8 Å². The Morgan fingerprint density at radius 3 is 2.78 bits per heavy atom. The van der Waals surface area contributed by atoms with E-state index in [0.29, 0.717) is 24.4 Å². The van der Waals surface area contributed by atoms with E-state index in [1.807, 2.05) is 29.6 Å². The topological polar surface area (TPSA) is 65.8 Å². The molecular formula is C20H27N3O3S. The smallest absolute Gasteiger partial charge is 0.264 e. The fraction of sp³-hybridized carbons (Fsp3) is 0.500. The normalized spacial score (nSPS) is 18.0. The van der Waals surface area contributed by atoms with Gasteiger partial charge in [-0.05, 0) is 49.5 Å². The molecule has 1 N–H and O–H groups in total. The summed E-state index contributed by atoms with van der Waals surface area (Å²) in [6.07, 6.45) is 3.22. The maximum Gasteiger partial charge on any atom is 0.264 e. The lowest BCUT2D eigenvalue weighted by molar-refractivity contribution is -0.125. The van der Waals surface area contributed by atoms with Gasteiger partial charge < -0.3 is 14.6 Å². The van der Waals surface area contributed by atoms with Gasteiger partial charge in [0, 0.05) is 13.1 Å². The first-order chi connectivity index (χ1) is 13.2. The van der Waals surface area contributed by atoms with Crippen LogP contribution < -0.4 is 5.32 Å². The van der Waals surface area contributed by atoms with Gasteiger partial charge in [-0.1, -0.05) is 19.9 Å². The molecular weight excluding hydrogens is 362 g/mol. The zero-order chi connectivity index (χ0) is 19.2. The number of hydrogen-bond acceptors (Lipinski definition) is 5. The standard InChI is InChI=1S/C20H27N3O3S/c1-3-22(4-2)16(17-9-6-12-26-17)14-21-19(24)15-8-5-11-23(15)20(25)18-10-7-13-27-18/h6-7,9-10,12-13,15-16H,3-5,8,11,14H2,1-2H3,(H,21,24)/t15-,16?/m0/s1. The number of nitrogens with one attached hydrogen (secondary N) is 1. The lowest BCUT2D eigenvalue weighted by Gasteiger charge is -2.29. The number of amides is 2. The second-order valence-corrected chi connectivity index (χ2v) is 7.58. The fourth-order valence-electron chi connectivity index (χ4n) is 3.69. The number of nitrogens with zero attached hydrogens (tertiary/aromatic N) is 2. The van der Waals surface area contributed by atoms with Crippen molar-refractivity contribution >= 4 is 23.2 Å². The highest BCUT2D eigenvalue weighted by Crippen LogP contribution is 2.24. The molecule has 1 unspecified atom stereocenters. The molecule has 1 fully saturated rings. The van der Waals surface area contributed by atoms with Gasteiger partial charge in [0.05, 0.1) is 17.2 Å². The Labute approximate surface area is 164 Å². The molecule has 0 radical (unpaired) electrons. The first-order valence-corrected chi connectivity index (χ1v) is 10.4.